The summed E-state index contributed by atoms with van der Waals surface area (Å²) in [4.78, 5) is -0.444. The molecule has 2 aromatic rings. The number of aromatic hydroxyl groups is 2. The van der Waals surface area contributed by atoms with Gasteiger partial charge in [-0.05, 0) is 125 Å². The summed E-state index contributed by atoms with van der Waals surface area (Å²) in [6, 6.07) is 9.32. The third kappa shape index (κ3) is 9.66. The lowest BCUT2D eigenvalue weighted by Gasteiger charge is -2.43. The van der Waals surface area contributed by atoms with Crippen molar-refractivity contribution in [3.8, 4) is 11.5 Å². The molecule has 9 heteroatoms. The summed E-state index contributed by atoms with van der Waals surface area (Å²) in [5.41, 5.74) is 0.933. The fraction of sp³-hybridized carbons (Fsp3) is 0.647. The van der Waals surface area contributed by atoms with E-state index in [0.29, 0.717) is 12.8 Å². The van der Waals surface area contributed by atoms with Gasteiger partial charge >= 0.3 is 0 Å². The van der Waals surface area contributed by atoms with Gasteiger partial charge in [0.2, 0.25) is 9.84 Å². The van der Waals surface area contributed by atoms with E-state index in [1.807, 2.05) is 0 Å². The molecule has 0 aliphatic heterocycles. The largest absolute Gasteiger partial charge is 0.507 e. The first-order chi connectivity index (χ1) is 19.1. The number of aryl methyl sites for hydroxylation is 2. The summed E-state index contributed by atoms with van der Waals surface area (Å²) >= 11 is 0. The normalized spacial score (nSPS) is 14.3. The fourth-order valence-electron chi connectivity index (χ4n) is 4.69. The smallest absolute Gasteiger partial charge is 0.213 e. The zero-order valence-corrected chi connectivity index (χ0v) is 32.0. The van der Waals surface area contributed by atoms with E-state index in [4.69, 9.17) is 8.85 Å². The third-order valence-electron chi connectivity index (χ3n) is 9.33. The molecule has 0 bridgehead atoms. The highest BCUT2D eigenvalue weighted by molar-refractivity contribution is 7.91. The lowest BCUT2D eigenvalue weighted by molar-refractivity contribution is 0.0822. The summed E-state index contributed by atoms with van der Waals surface area (Å²) < 4.78 is 40.2. The second-order valence-electron chi connectivity index (χ2n) is 16.4. The quantitative estimate of drug-likeness (QED) is 0.222. The second kappa shape index (κ2) is 12.6. The number of sulfone groups is 1. The molecule has 0 spiro atoms. The van der Waals surface area contributed by atoms with E-state index >= 15 is 0 Å². The standard InChI is InChI=1S/C34H58O6SSi2/c1-31(2,3)42(11,12)39-33(7,8)21-19-25-15-17-29(27(35)23-25)41(37,38)30-18-16-26(24-28(30)36)20-22-34(9,10)40-43(13,14)32(4,5)6/h15-18,23-24,35-36H,19-22H2,1-14H3. The van der Waals surface area contributed by atoms with Gasteiger partial charge in [0.15, 0.2) is 16.6 Å². The predicted octanol–water partition coefficient (Wildman–Crippen LogP) is 9.40. The van der Waals surface area contributed by atoms with Crippen LogP contribution in [0.2, 0.25) is 36.3 Å². The van der Waals surface area contributed by atoms with Crippen LogP contribution in [0.5, 0.6) is 11.5 Å². The molecule has 0 atom stereocenters. The molecule has 244 valence electrons. The Morgan fingerprint density at radius 1 is 0.605 bits per heavy atom. The van der Waals surface area contributed by atoms with E-state index in [0.717, 1.165) is 24.0 Å². The van der Waals surface area contributed by atoms with E-state index < -0.39 is 26.5 Å². The van der Waals surface area contributed by atoms with Crippen molar-refractivity contribution in [2.24, 2.45) is 0 Å². The molecule has 2 N–H and O–H groups in total. The van der Waals surface area contributed by atoms with Gasteiger partial charge in [-0.1, -0.05) is 53.7 Å². The Balaban J connectivity index is 2.17. The highest BCUT2D eigenvalue weighted by atomic mass is 32.2. The summed E-state index contributed by atoms with van der Waals surface area (Å²) in [6.45, 7) is 30.5. The van der Waals surface area contributed by atoms with Crippen LogP contribution in [0, 0.1) is 0 Å². The van der Waals surface area contributed by atoms with Crippen LogP contribution < -0.4 is 0 Å². The van der Waals surface area contributed by atoms with E-state index in [1.54, 1.807) is 12.1 Å². The second-order valence-corrected chi connectivity index (χ2v) is 27.7. The zero-order valence-electron chi connectivity index (χ0n) is 29.2. The number of hydrogen-bond donors (Lipinski definition) is 2. The number of phenols is 2. The fourth-order valence-corrected chi connectivity index (χ4v) is 9.67. The van der Waals surface area contributed by atoms with Gasteiger partial charge in [-0.15, -0.1) is 0 Å². The Bertz CT molecular complexity index is 1280. The molecule has 0 saturated carbocycles. The first kappa shape index (κ1) is 37.5. The Morgan fingerprint density at radius 2 is 0.907 bits per heavy atom. The molecule has 0 aromatic heterocycles. The predicted molar refractivity (Wildman–Crippen MR) is 183 cm³/mol. The van der Waals surface area contributed by atoms with Crippen molar-refractivity contribution in [1.29, 1.82) is 0 Å². The molecular weight excluding hydrogens is 593 g/mol. The Hall–Kier alpha value is -1.66. The molecule has 2 rings (SSSR count). The maximum atomic E-state index is 13.5. The van der Waals surface area contributed by atoms with Gasteiger partial charge in [-0.2, -0.15) is 0 Å². The number of hydrogen-bond acceptors (Lipinski definition) is 6. The van der Waals surface area contributed by atoms with Crippen molar-refractivity contribution < 1.29 is 27.5 Å². The molecule has 0 amide bonds. The molecule has 6 nitrogen and oxygen atoms in total. The molecule has 43 heavy (non-hydrogen) atoms. The Kier molecular flexibility index (Phi) is 11.0. The third-order valence-corrected chi connectivity index (χ3v) is 20.5. The van der Waals surface area contributed by atoms with Gasteiger partial charge in [0, 0.05) is 0 Å². The van der Waals surface area contributed by atoms with Gasteiger partial charge in [0.25, 0.3) is 0 Å². The average Bonchev–Trinajstić information content (AvgIpc) is 2.78. The minimum absolute atomic E-state index is 0.0952. The van der Waals surface area contributed by atoms with Crippen LogP contribution in [0.15, 0.2) is 46.2 Å². The molecular formula is C34H58O6SSi2. The summed E-state index contributed by atoms with van der Waals surface area (Å²) in [5, 5.41) is 21.8. The van der Waals surface area contributed by atoms with Crippen LogP contribution in [0.4, 0.5) is 0 Å². The first-order valence-corrected chi connectivity index (χ1v) is 22.7. The summed E-state index contributed by atoms with van der Waals surface area (Å²) in [6.07, 6.45) is 2.71. The minimum atomic E-state index is -4.14. The van der Waals surface area contributed by atoms with Crippen LogP contribution in [0.3, 0.4) is 0 Å². The van der Waals surface area contributed by atoms with Gasteiger partial charge in [0.05, 0.1) is 11.2 Å². The maximum Gasteiger partial charge on any atom is 0.213 e. The van der Waals surface area contributed by atoms with Crippen molar-refractivity contribution >= 4 is 26.5 Å². The van der Waals surface area contributed by atoms with Crippen molar-refractivity contribution in [1.82, 2.24) is 0 Å². The van der Waals surface area contributed by atoms with Gasteiger partial charge in [-0.25, -0.2) is 8.42 Å². The SMILES string of the molecule is CC(C)(CCc1ccc(S(=O)(=O)c2ccc(CCC(C)(C)O[Si](C)(C)C(C)(C)C)cc2O)c(O)c1)O[Si](C)(C)C(C)(C)C. The van der Waals surface area contributed by atoms with Gasteiger partial charge in [0.1, 0.15) is 21.3 Å². The van der Waals surface area contributed by atoms with Crippen molar-refractivity contribution in [2.75, 3.05) is 0 Å². The molecule has 0 fully saturated rings. The number of benzene rings is 2. The van der Waals surface area contributed by atoms with Crippen molar-refractivity contribution in [2.45, 2.75) is 152 Å². The monoisotopic (exact) mass is 650 g/mol. The van der Waals surface area contributed by atoms with Crippen LogP contribution in [-0.2, 0) is 31.5 Å². The molecule has 0 heterocycles. The molecule has 0 unspecified atom stereocenters. The lowest BCUT2D eigenvalue weighted by atomic mass is 9.99. The maximum absolute atomic E-state index is 13.5. The van der Waals surface area contributed by atoms with Crippen molar-refractivity contribution in [3.05, 3.63) is 47.5 Å². The van der Waals surface area contributed by atoms with Gasteiger partial charge in [-0.3, -0.25) is 0 Å². The molecule has 0 aliphatic carbocycles. The topological polar surface area (TPSA) is 93.1 Å². The van der Waals surface area contributed by atoms with Crippen LogP contribution >= 0.6 is 0 Å². The summed E-state index contributed by atoms with van der Waals surface area (Å²) in [5.74, 6) is -0.651. The Morgan fingerprint density at radius 3 is 1.16 bits per heavy atom. The van der Waals surface area contributed by atoms with Gasteiger partial charge < -0.3 is 19.1 Å². The van der Waals surface area contributed by atoms with E-state index in [-0.39, 0.29) is 42.6 Å². The van der Waals surface area contributed by atoms with E-state index in [2.05, 4.69) is 95.4 Å². The zero-order chi connectivity index (χ0) is 33.4. The number of rotatable bonds is 12. The lowest BCUT2D eigenvalue weighted by Crippen LogP contribution is -2.47. The van der Waals surface area contributed by atoms with Crippen molar-refractivity contribution in [3.63, 3.8) is 0 Å². The highest BCUT2D eigenvalue weighted by Gasteiger charge is 2.42. The van der Waals surface area contributed by atoms with Crippen LogP contribution in [0.25, 0.3) is 0 Å². The molecule has 2 aromatic carbocycles. The first-order valence-electron chi connectivity index (χ1n) is 15.4. The van der Waals surface area contributed by atoms with E-state index in [1.165, 1.54) is 24.3 Å². The number of phenolic OH excluding ortho intramolecular Hbond substituents is 2. The van der Waals surface area contributed by atoms with Crippen LogP contribution in [-0.4, -0.2) is 46.5 Å². The average molecular weight is 651 g/mol. The molecule has 0 radical (unpaired) electrons. The summed E-state index contributed by atoms with van der Waals surface area (Å²) in [7, 11) is -8.06. The van der Waals surface area contributed by atoms with Crippen LogP contribution in [0.1, 0.15) is 93.2 Å². The molecule has 0 aliphatic rings. The van der Waals surface area contributed by atoms with E-state index in [9.17, 15) is 18.6 Å². The minimum Gasteiger partial charge on any atom is -0.507 e. The highest BCUT2D eigenvalue weighted by Crippen LogP contribution is 2.42. The Labute approximate surface area is 264 Å². The molecule has 0 saturated heterocycles.